The van der Waals surface area contributed by atoms with Crippen molar-refractivity contribution in [3.05, 3.63) is 17.5 Å². The highest BCUT2D eigenvalue weighted by atomic mass is 16.5. The van der Waals surface area contributed by atoms with Gasteiger partial charge in [0.1, 0.15) is 0 Å². The molecule has 1 saturated heterocycles. The molecule has 1 amide bonds. The summed E-state index contributed by atoms with van der Waals surface area (Å²) in [6.07, 6.45) is 0. The maximum absolute atomic E-state index is 10.9. The van der Waals surface area contributed by atoms with Crippen LogP contribution in [-0.2, 0) is 4.79 Å². The van der Waals surface area contributed by atoms with E-state index in [0.717, 1.165) is 0 Å². The topological polar surface area (TPSA) is 83.6 Å². The van der Waals surface area contributed by atoms with Crippen LogP contribution in [-0.4, -0.2) is 40.1 Å². The summed E-state index contributed by atoms with van der Waals surface area (Å²) in [5, 5.41) is 12.3. The third-order valence-corrected chi connectivity index (χ3v) is 2.48. The van der Waals surface area contributed by atoms with Crippen molar-refractivity contribution in [1.82, 2.24) is 10.1 Å². The van der Waals surface area contributed by atoms with E-state index in [1.165, 1.54) is 13.0 Å². The molecule has 0 bridgehead atoms. The van der Waals surface area contributed by atoms with Gasteiger partial charge >= 0.3 is 5.97 Å². The van der Waals surface area contributed by atoms with Gasteiger partial charge < -0.3 is 14.5 Å². The smallest absolute Gasteiger partial charge is 0.374 e. The van der Waals surface area contributed by atoms with Gasteiger partial charge in [0, 0.05) is 32.0 Å². The average molecular weight is 210 g/mol. The van der Waals surface area contributed by atoms with Crippen molar-refractivity contribution in [3.8, 4) is 0 Å². The first-order valence-electron chi connectivity index (χ1n) is 4.53. The highest BCUT2D eigenvalue weighted by Gasteiger charge is 2.32. The molecule has 1 aromatic rings. The fraction of sp³-hybridized carbons (Fsp3) is 0.444. The van der Waals surface area contributed by atoms with Gasteiger partial charge in [-0.3, -0.25) is 4.79 Å². The van der Waals surface area contributed by atoms with Gasteiger partial charge in [-0.1, -0.05) is 5.16 Å². The first-order valence-corrected chi connectivity index (χ1v) is 4.53. The second-order valence-corrected chi connectivity index (χ2v) is 3.54. The summed E-state index contributed by atoms with van der Waals surface area (Å²) in [5.74, 6) is -1.17. The second-order valence-electron chi connectivity index (χ2n) is 3.54. The van der Waals surface area contributed by atoms with E-state index in [9.17, 15) is 9.59 Å². The molecule has 15 heavy (non-hydrogen) atoms. The number of carboxylic acid groups (broad SMARTS) is 1. The van der Waals surface area contributed by atoms with Gasteiger partial charge in [-0.15, -0.1) is 0 Å². The van der Waals surface area contributed by atoms with Gasteiger partial charge in [-0.2, -0.15) is 0 Å². The zero-order valence-electron chi connectivity index (χ0n) is 8.14. The van der Waals surface area contributed by atoms with E-state index < -0.39 is 5.97 Å². The Labute approximate surface area is 85.5 Å². The number of aromatic nitrogens is 1. The minimum Gasteiger partial charge on any atom is -0.475 e. The van der Waals surface area contributed by atoms with Crippen LogP contribution in [0.3, 0.4) is 0 Å². The van der Waals surface area contributed by atoms with E-state index in [4.69, 9.17) is 5.11 Å². The molecule has 0 atom stereocenters. The molecule has 1 aromatic heterocycles. The van der Waals surface area contributed by atoms with E-state index in [-0.39, 0.29) is 17.6 Å². The molecule has 0 unspecified atom stereocenters. The molecule has 1 aliphatic rings. The van der Waals surface area contributed by atoms with Gasteiger partial charge in [0.2, 0.25) is 11.7 Å². The monoisotopic (exact) mass is 210 g/mol. The zero-order chi connectivity index (χ0) is 11.0. The van der Waals surface area contributed by atoms with Gasteiger partial charge in [0.05, 0.1) is 5.69 Å². The summed E-state index contributed by atoms with van der Waals surface area (Å²) in [7, 11) is 0. The van der Waals surface area contributed by atoms with Crippen LogP contribution in [0.4, 0.5) is 0 Å². The lowest BCUT2D eigenvalue weighted by Crippen LogP contribution is -2.47. The Bertz CT molecular complexity index is 406. The van der Waals surface area contributed by atoms with Gasteiger partial charge in [0.25, 0.3) is 0 Å². The van der Waals surface area contributed by atoms with Crippen LogP contribution in [0.2, 0.25) is 0 Å². The van der Waals surface area contributed by atoms with E-state index in [2.05, 4.69) is 9.68 Å². The van der Waals surface area contributed by atoms with E-state index in [0.29, 0.717) is 18.8 Å². The molecule has 0 saturated carbocycles. The molecule has 80 valence electrons. The molecule has 2 rings (SSSR count). The predicted molar refractivity (Wildman–Crippen MR) is 48.5 cm³/mol. The van der Waals surface area contributed by atoms with Crippen molar-refractivity contribution in [2.45, 2.75) is 12.8 Å². The van der Waals surface area contributed by atoms with Crippen LogP contribution >= 0.6 is 0 Å². The Morgan fingerprint density at radius 1 is 1.60 bits per heavy atom. The van der Waals surface area contributed by atoms with E-state index >= 15 is 0 Å². The van der Waals surface area contributed by atoms with Crippen molar-refractivity contribution >= 4 is 11.9 Å². The standard InChI is InChI=1S/C9H10N2O4/c1-5(12)11-3-6(4-11)7-2-8(9(13)14)15-10-7/h2,6H,3-4H2,1H3,(H,13,14). The number of amides is 1. The lowest BCUT2D eigenvalue weighted by atomic mass is 9.96. The molecular formula is C9H10N2O4. The summed E-state index contributed by atoms with van der Waals surface area (Å²) in [4.78, 5) is 23.1. The number of rotatable bonds is 2. The zero-order valence-corrected chi connectivity index (χ0v) is 8.14. The highest BCUT2D eigenvalue weighted by Crippen LogP contribution is 2.26. The first kappa shape index (κ1) is 9.70. The Balaban J connectivity index is 2.01. The van der Waals surface area contributed by atoms with E-state index in [1.54, 1.807) is 4.90 Å². The first-order chi connectivity index (χ1) is 7.08. The predicted octanol–water partition coefficient (Wildman–Crippen LogP) is 0.318. The maximum atomic E-state index is 10.9. The number of hydrogen-bond acceptors (Lipinski definition) is 4. The maximum Gasteiger partial charge on any atom is 0.374 e. The average Bonchev–Trinajstić information content (AvgIpc) is 2.49. The van der Waals surface area contributed by atoms with Crippen molar-refractivity contribution in [2.75, 3.05) is 13.1 Å². The minimum absolute atomic E-state index is 0.0215. The molecule has 0 aliphatic carbocycles. The van der Waals surface area contributed by atoms with Gasteiger partial charge in [-0.05, 0) is 0 Å². The molecule has 0 spiro atoms. The Morgan fingerprint density at radius 2 is 2.27 bits per heavy atom. The van der Waals surface area contributed by atoms with Crippen molar-refractivity contribution in [1.29, 1.82) is 0 Å². The van der Waals surface area contributed by atoms with Crippen molar-refractivity contribution in [2.24, 2.45) is 0 Å². The Hall–Kier alpha value is -1.85. The number of aromatic carboxylic acids is 1. The van der Waals surface area contributed by atoms with Gasteiger partial charge in [-0.25, -0.2) is 4.79 Å². The summed E-state index contributed by atoms with van der Waals surface area (Å²) >= 11 is 0. The SMILES string of the molecule is CC(=O)N1CC(c2cc(C(=O)O)on2)C1. The van der Waals surface area contributed by atoms with Crippen molar-refractivity contribution < 1.29 is 19.2 Å². The highest BCUT2D eigenvalue weighted by molar-refractivity contribution is 5.84. The molecule has 0 aromatic carbocycles. The molecule has 6 heteroatoms. The van der Waals surface area contributed by atoms with Crippen LogP contribution < -0.4 is 0 Å². The van der Waals surface area contributed by atoms with Crippen LogP contribution in [0, 0.1) is 0 Å². The van der Waals surface area contributed by atoms with Crippen LogP contribution in [0.1, 0.15) is 29.1 Å². The van der Waals surface area contributed by atoms with Crippen LogP contribution in [0.5, 0.6) is 0 Å². The molecule has 1 aliphatic heterocycles. The number of likely N-dealkylation sites (tertiary alicyclic amines) is 1. The second kappa shape index (κ2) is 3.38. The van der Waals surface area contributed by atoms with Crippen LogP contribution in [0.15, 0.2) is 10.6 Å². The summed E-state index contributed by atoms with van der Waals surface area (Å²) < 4.78 is 4.63. The molecule has 1 fully saturated rings. The molecule has 1 N–H and O–H groups in total. The quantitative estimate of drug-likeness (QED) is 0.759. The third kappa shape index (κ3) is 1.70. The number of hydrogen-bond donors (Lipinski definition) is 1. The van der Waals surface area contributed by atoms with Crippen LogP contribution in [0.25, 0.3) is 0 Å². The Kier molecular flexibility index (Phi) is 2.18. The largest absolute Gasteiger partial charge is 0.475 e. The lowest BCUT2D eigenvalue weighted by Gasteiger charge is -2.37. The van der Waals surface area contributed by atoms with Crippen molar-refractivity contribution in [3.63, 3.8) is 0 Å². The number of carboxylic acids is 1. The molecular weight excluding hydrogens is 200 g/mol. The molecule has 6 nitrogen and oxygen atoms in total. The minimum atomic E-state index is -1.13. The number of carbonyl (C=O) groups excluding carboxylic acids is 1. The summed E-state index contributed by atoms with van der Waals surface area (Å²) in [6, 6.07) is 1.41. The molecule has 0 radical (unpaired) electrons. The fourth-order valence-electron chi connectivity index (χ4n) is 1.50. The summed E-state index contributed by atoms with van der Waals surface area (Å²) in [6.45, 7) is 2.67. The number of nitrogens with zero attached hydrogens (tertiary/aromatic N) is 2. The number of carbonyl (C=O) groups is 2. The summed E-state index contributed by atoms with van der Waals surface area (Å²) in [5.41, 5.74) is 0.602. The van der Waals surface area contributed by atoms with Gasteiger partial charge in [0.15, 0.2) is 0 Å². The van der Waals surface area contributed by atoms with E-state index in [1.807, 2.05) is 0 Å². The lowest BCUT2D eigenvalue weighted by molar-refractivity contribution is -0.133. The fourth-order valence-corrected chi connectivity index (χ4v) is 1.50. The Morgan fingerprint density at radius 3 is 2.73 bits per heavy atom. The molecule has 2 heterocycles. The third-order valence-electron chi connectivity index (χ3n) is 2.48. The normalized spacial score (nSPS) is 16.2.